The molecule has 2 atom stereocenters. The molecule has 2 fully saturated rings. The van der Waals surface area contributed by atoms with E-state index in [1.807, 2.05) is 13.8 Å². The van der Waals surface area contributed by atoms with Crippen LogP contribution < -0.4 is 5.32 Å². The predicted octanol–water partition coefficient (Wildman–Crippen LogP) is 0.359. The van der Waals surface area contributed by atoms with Crippen molar-refractivity contribution in [2.45, 2.75) is 33.2 Å². The Morgan fingerprint density at radius 1 is 1.43 bits per heavy atom. The highest BCUT2D eigenvalue weighted by Gasteiger charge is 2.42. The number of hydrogen-bond donors (Lipinski definition) is 2. The molecule has 3 amide bonds. The molecule has 2 aliphatic rings. The van der Waals surface area contributed by atoms with Gasteiger partial charge < -0.3 is 20.2 Å². The van der Waals surface area contributed by atoms with Crippen molar-refractivity contribution in [2.24, 2.45) is 11.3 Å². The zero-order valence-electron chi connectivity index (χ0n) is 12.8. The number of carbonyl (C=O) groups excluding carboxylic acids is 2. The fourth-order valence-electron chi connectivity index (χ4n) is 2.78. The number of aliphatic carboxylic acids is 1. The van der Waals surface area contributed by atoms with Crippen molar-refractivity contribution >= 4 is 17.9 Å². The van der Waals surface area contributed by atoms with Crippen LogP contribution in [0.15, 0.2) is 0 Å². The maximum Gasteiger partial charge on any atom is 0.317 e. The molecule has 0 aliphatic carbocycles. The van der Waals surface area contributed by atoms with Crippen molar-refractivity contribution in [2.75, 3.05) is 26.2 Å². The lowest BCUT2D eigenvalue weighted by Gasteiger charge is -2.38. The van der Waals surface area contributed by atoms with Crippen LogP contribution in [0.3, 0.4) is 0 Å². The molecule has 0 aromatic carbocycles. The molecule has 0 saturated carbocycles. The summed E-state index contributed by atoms with van der Waals surface area (Å²) < 4.78 is 0. The van der Waals surface area contributed by atoms with Gasteiger partial charge in [0.2, 0.25) is 5.91 Å². The SMILES string of the molecule is CC(C)C(C)(CC(=O)N1CCN2C(=O)NCC2C1)C(=O)O. The Labute approximate surface area is 124 Å². The molecule has 0 spiro atoms. The van der Waals surface area contributed by atoms with Gasteiger partial charge in [-0.3, -0.25) is 9.59 Å². The van der Waals surface area contributed by atoms with Gasteiger partial charge in [-0.05, 0) is 12.8 Å². The first kappa shape index (κ1) is 15.6. The number of fused-ring (bicyclic) bond motifs is 1. The van der Waals surface area contributed by atoms with Crippen LogP contribution in [-0.4, -0.2) is 65.0 Å². The van der Waals surface area contributed by atoms with Crippen LogP contribution in [0.5, 0.6) is 0 Å². The summed E-state index contributed by atoms with van der Waals surface area (Å²) in [6, 6.07) is -0.0741. The van der Waals surface area contributed by atoms with E-state index in [0.29, 0.717) is 26.2 Å². The minimum absolute atomic E-state index is 0.00494. The first-order chi connectivity index (χ1) is 9.75. The van der Waals surface area contributed by atoms with E-state index in [9.17, 15) is 19.5 Å². The lowest BCUT2D eigenvalue weighted by molar-refractivity contribution is -0.156. The lowest BCUT2D eigenvalue weighted by Crippen LogP contribution is -2.54. The van der Waals surface area contributed by atoms with Crippen molar-refractivity contribution in [1.29, 1.82) is 0 Å². The number of hydrogen-bond acceptors (Lipinski definition) is 3. The molecule has 0 radical (unpaired) electrons. The average Bonchev–Trinajstić information content (AvgIpc) is 2.79. The summed E-state index contributed by atoms with van der Waals surface area (Å²) in [4.78, 5) is 38.9. The van der Waals surface area contributed by atoms with Crippen molar-refractivity contribution in [3.63, 3.8) is 0 Å². The Morgan fingerprint density at radius 3 is 2.67 bits per heavy atom. The highest BCUT2D eigenvalue weighted by Crippen LogP contribution is 2.32. The summed E-state index contributed by atoms with van der Waals surface area (Å²) in [5.41, 5.74) is -1.06. The number of piperazine rings is 1. The van der Waals surface area contributed by atoms with E-state index in [2.05, 4.69) is 5.32 Å². The molecule has 118 valence electrons. The van der Waals surface area contributed by atoms with Crippen LogP contribution in [0.1, 0.15) is 27.2 Å². The highest BCUT2D eigenvalue weighted by atomic mass is 16.4. The van der Waals surface area contributed by atoms with Gasteiger partial charge in [-0.2, -0.15) is 0 Å². The number of urea groups is 1. The first-order valence-electron chi connectivity index (χ1n) is 7.31. The minimum atomic E-state index is -1.06. The van der Waals surface area contributed by atoms with Gasteiger partial charge in [0.05, 0.1) is 11.5 Å². The van der Waals surface area contributed by atoms with Crippen LogP contribution >= 0.6 is 0 Å². The third kappa shape index (κ3) is 2.82. The molecule has 0 aromatic rings. The molecule has 7 heteroatoms. The third-order valence-electron chi connectivity index (χ3n) is 4.87. The molecule has 2 unspecified atom stereocenters. The van der Waals surface area contributed by atoms with Crippen LogP contribution in [0.4, 0.5) is 4.79 Å². The Bertz CT molecular complexity index is 465. The monoisotopic (exact) mass is 297 g/mol. The molecular formula is C14H23N3O4. The lowest BCUT2D eigenvalue weighted by atomic mass is 9.76. The second-order valence-corrected chi connectivity index (χ2v) is 6.43. The third-order valence-corrected chi connectivity index (χ3v) is 4.87. The van der Waals surface area contributed by atoms with Gasteiger partial charge in [0, 0.05) is 32.6 Å². The van der Waals surface area contributed by atoms with Gasteiger partial charge in [-0.15, -0.1) is 0 Å². The number of amides is 3. The maximum atomic E-state index is 12.4. The number of rotatable bonds is 4. The molecule has 0 bridgehead atoms. The Balaban J connectivity index is 2.01. The van der Waals surface area contributed by atoms with E-state index >= 15 is 0 Å². The Kier molecular flexibility index (Phi) is 4.11. The average molecular weight is 297 g/mol. The molecule has 21 heavy (non-hydrogen) atoms. The molecule has 0 aromatic heterocycles. The standard InChI is InChI=1S/C14H23N3O4/c1-9(2)14(3,12(19)20)6-11(18)16-4-5-17-10(8-16)7-15-13(17)21/h9-10H,4-8H2,1-3H3,(H,15,21)(H,19,20). The smallest absolute Gasteiger partial charge is 0.317 e. The first-order valence-corrected chi connectivity index (χ1v) is 7.31. The quantitative estimate of drug-likeness (QED) is 0.784. The van der Waals surface area contributed by atoms with Gasteiger partial charge in [-0.1, -0.05) is 13.8 Å². The second-order valence-electron chi connectivity index (χ2n) is 6.43. The zero-order chi connectivity index (χ0) is 15.8. The molecule has 2 rings (SSSR count). The summed E-state index contributed by atoms with van der Waals surface area (Å²) in [6.45, 7) is 7.26. The molecule has 7 nitrogen and oxygen atoms in total. The van der Waals surface area contributed by atoms with E-state index in [-0.39, 0.29) is 30.3 Å². The fourth-order valence-corrected chi connectivity index (χ4v) is 2.78. The van der Waals surface area contributed by atoms with Gasteiger partial charge in [-0.25, -0.2) is 4.79 Å². The number of nitrogens with zero attached hydrogens (tertiary/aromatic N) is 2. The summed E-state index contributed by atoms with van der Waals surface area (Å²) >= 11 is 0. The zero-order valence-corrected chi connectivity index (χ0v) is 12.8. The molecular weight excluding hydrogens is 274 g/mol. The van der Waals surface area contributed by atoms with Gasteiger partial charge in [0.25, 0.3) is 0 Å². The van der Waals surface area contributed by atoms with Crippen LogP contribution in [0.2, 0.25) is 0 Å². The van der Waals surface area contributed by atoms with Gasteiger partial charge >= 0.3 is 12.0 Å². The maximum absolute atomic E-state index is 12.4. The number of carboxylic acids is 1. The molecule has 2 N–H and O–H groups in total. The normalized spacial score (nSPS) is 24.6. The summed E-state index contributed by atoms with van der Waals surface area (Å²) in [5, 5.41) is 12.2. The van der Waals surface area contributed by atoms with Crippen LogP contribution in [0.25, 0.3) is 0 Å². The van der Waals surface area contributed by atoms with E-state index in [1.54, 1.807) is 16.7 Å². The molecule has 2 saturated heterocycles. The number of carbonyl (C=O) groups is 3. The predicted molar refractivity (Wildman–Crippen MR) is 75.7 cm³/mol. The van der Waals surface area contributed by atoms with Crippen molar-refractivity contribution in [1.82, 2.24) is 15.1 Å². The van der Waals surface area contributed by atoms with Crippen molar-refractivity contribution in [3.05, 3.63) is 0 Å². The minimum Gasteiger partial charge on any atom is -0.481 e. The topological polar surface area (TPSA) is 90.0 Å². The van der Waals surface area contributed by atoms with E-state index in [4.69, 9.17) is 0 Å². The van der Waals surface area contributed by atoms with Crippen molar-refractivity contribution in [3.8, 4) is 0 Å². The van der Waals surface area contributed by atoms with Crippen LogP contribution in [-0.2, 0) is 9.59 Å². The van der Waals surface area contributed by atoms with E-state index in [1.165, 1.54) is 0 Å². The summed E-state index contributed by atoms with van der Waals surface area (Å²) in [7, 11) is 0. The van der Waals surface area contributed by atoms with E-state index < -0.39 is 11.4 Å². The van der Waals surface area contributed by atoms with Crippen molar-refractivity contribution < 1.29 is 19.5 Å². The van der Waals surface area contributed by atoms with Crippen LogP contribution in [0, 0.1) is 11.3 Å². The molecule has 2 aliphatic heterocycles. The van der Waals surface area contributed by atoms with Gasteiger partial charge in [0.1, 0.15) is 0 Å². The Morgan fingerprint density at radius 2 is 2.10 bits per heavy atom. The summed E-state index contributed by atoms with van der Waals surface area (Å²) in [5.74, 6) is -1.22. The largest absolute Gasteiger partial charge is 0.481 e. The van der Waals surface area contributed by atoms with Gasteiger partial charge in [0.15, 0.2) is 0 Å². The van der Waals surface area contributed by atoms with E-state index in [0.717, 1.165) is 0 Å². The highest BCUT2D eigenvalue weighted by molar-refractivity contribution is 5.85. The number of carboxylic acid groups (broad SMARTS) is 1. The fraction of sp³-hybridized carbons (Fsp3) is 0.786. The second kappa shape index (κ2) is 5.54. The Hall–Kier alpha value is -1.79. The summed E-state index contributed by atoms with van der Waals surface area (Å²) in [6.07, 6.45) is -0.00586. The number of nitrogens with one attached hydrogen (secondary N) is 1. The molecule has 2 heterocycles.